The van der Waals surface area contributed by atoms with Crippen molar-refractivity contribution in [3.05, 3.63) is 34.6 Å². The first-order valence-electron chi connectivity index (χ1n) is 7.32. The lowest BCUT2D eigenvalue weighted by molar-refractivity contribution is 0.451. The highest BCUT2D eigenvalue weighted by atomic mass is 35.5. The highest BCUT2D eigenvalue weighted by Crippen LogP contribution is 2.57. The molecule has 2 aliphatic carbocycles. The first-order chi connectivity index (χ1) is 9.20. The lowest BCUT2D eigenvalue weighted by Crippen LogP contribution is -2.31. The fourth-order valence-electron chi connectivity index (χ4n) is 4.01. The van der Waals surface area contributed by atoms with Crippen LogP contribution in [0.4, 0.5) is 4.39 Å². The van der Waals surface area contributed by atoms with E-state index in [9.17, 15) is 4.39 Å². The fraction of sp³-hybridized carbons (Fsp3) is 0.625. The van der Waals surface area contributed by atoms with Gasteiger partial charge in [-0.3, -0.25) is 0 Å². The van der Waals surface area contributed by atoms with Gasteiger partial charge in [-0.1, -0.05) is 24.4 Å². The summed E-state index contributed by atoms with van der Waals surface area (Å²) in [5.41, 5.74) is 0.746. The van der Waals surface area contributed by atoms with E-state index >= 15 is 0 Å². The van der Waals surface area contributed by atoms with Crippen LogP contribution in [0.25, 0.3) is 0 Å². The maximum Gasteiger partial charge on any atom is 0.126 e. The number of hydrogen-bond acceptors (Lipinski definition) is 1. The van der Waals surface area contributed by atoms with E-state index in [1.807, 2.05) is 7.05 Å². The summed E-state index contributed by atoms with van der Waals surface area (Å²) in [7, 11) is 2.00. The molecule has 0 saturated heterocycles. The van der Waals surface area contributed by atoms with Crippen molar-refractivity contribution in [2.24, 2.45) is 17.8 Å². The number of rotatable bonds is 4. The summed E-state index contributed by atoms with van der Waals surface area (Å²) in [5.74, 6) is 2.38. The van der Waals surface area contributed by atoms with Crippen LogP contribution in [-0.4, -0.2) is 13.1 Å². The van der Waals surface area contributed by atoms with Gasteiger partial charge in [0.15, 0.2) is 0 Å². The van der Waals surface area contributed by atoms with Gasteiger partial charge in [-0.2, -0.15) is 0 Å². The van der Waals surface area contributed by atoms with Gasteiger partial charge in [-0.15, -0.1) is 0 Å². The minimum atomic E-state index is -0.131. The highest BCUT2D eigenvalue weighted by molar-refractivity contribution is 6.30. The van der Waals surface area contributed by atoms with Crippen LogP contribution >= 0.6 is 11.6 Å². The molecule has 3 rings (SSSR count). The molecule has 1 aromatic carbocycles. The Morgan fingerprint density at radius 2 is 2.00 bits per heavy atom. The van der Waals surface area contributed by atoms with E-state index < -0.39 is 0 Å². The Balaban J connectivity index is 1.72. The second-order valence-corrected chi connectivity index (χ2v) is 6.46. The lowest BCUT2D eigenvalue weighted by atomic mass is 9.99. The standard InChI is InChI=1S/C16H21ClFN/c1-19-15(16-12-4-2-3-5-13(12)16)9-10-8-11(17)6-7-14(10)18/h6-8,12-13,15-16,19H,2-5,9H2,1H3. The molecular weight excluding hydrogens is 261 g/mol. The van der Waals surface area contributed by atoms with Crippen molar-refractivity contribution in [1.29, 1.82) is 0 Å². The monoisotopic (exact) mass is 281 g/mol. The molecule has 1 aromatic rings. The van der Waals surface area contributed by atoms with Crippen LogP contribution in [0, 0.1) is 23.6 Å². The molecule has 0 amide bonds. The minimum absolute atomic E-state index is 0.131. The zero-order valence-electron chi connectivity index (χ0n) is 11.3. The van der Waals surface area contributed by atoms with E-state index in [4.69, 9.17) is 11.6 Å². The predicted octanol–water partition coefficient (Wildman–Crippen LogP) is 4.05. The molecule has 2 fully saturated rings. The summed E-state index contributed by atoms with van der Waals surface area (Å²) in [6, 6.07) is 5.25. The van der Waals surface area contributed by atoms with E-state index in [2.05, 4.69) is 5.32 Å². The number of halogens is 2. The van der Waals surface area contributed by atoms with Crippen molar-refractivity contribution in [1.82, 2.24) is 5.32 Å². The summed E-state index contributed by atoms with van der Waals surface area (Å²) in [6.45, 7) is 0. The van der Waals surface area contributed by atoms with Crippen molar-refractivity contribution in [3.8, 4) is 0 Å². The zero-order valence-corrected chi connectivity index (χ0v) is 12.1. The Morgan fingerprint density at radius 3 is 2.63 bits per heavy atom. The van der Waals surface area contributed by atoms with Gasteiger partial charge in [0.25, 0.3) is 0 Å². The maximum atomic E-state index is 13.8. The van der Waals surface area contributed by atoms with Gasteiger partial charge in [0.2, 0.25) is 0 Å². The summed E-state index contributed by atoms with van der Waals surface area (Å²) < 4.78 is 13.8. The van der Waals surface area contributed by atoms with Gasteiger partial charge in [0.05, 0.1) is 0 Å². The van der Waals surface area contributed by atoms with E-state index in [0.717, 1.165) is 29.7 Å². The van der Waals surface area contributed by atoms with Crippen LogP contribution in [0.2, 0.25) is 5.02 Å². The molecule has 0 radical (unpaired) electrons. The Bertz CT molecular complexity index is 450. The summed E-state index contributed by atoms with van der Waals surface area (Å²) in [4.78, 5) is 0. The van der Waals surface area contributed by atoms with Crippen LogP contribution in [-0.2, 0) is 6.42 Å². The number of hydrogen-bond donors (Lipinski definition) is 1. The smallest absolute Gasteiger partial charge is 0.126 e. The van der Waals surface area contributed by atoms with Crippen LogP contribution in [0.3, 0.4) is 0 Å². The van der Waals surface area contributed by atoms with Crippen molar-refractivity contribution in [2.75, 3.05) is 7.05 Å². The molecule has 0 aromatic heterocycles. The number of benzene rings is 1. The first kappa shape index (κ1) is 13.4. The van der Waals surface area contributed by atoms with Crippen molar-refractivity contribution in [2.45, 2.75) is 38.1 Å². The van der Waals surface area contributed by atoms with Gasteiger partial charge < -0.3 is 5.32 Å². The number of fused-ring (bicyclic) bond motifs is 1. The van der Waals surface area contributed by atoms with E-state index in [0.29, 0.717) is 11.1 Å². The molecule has 104 valence electrons. The second-order valence-electron chi connectivity index (χ2n) is 6.02. The topological polar surface area (TPSA) is 12.0 Å². The predicted molar refractivity (Wildman–Crippen MR) is 76.9 cm³/mol. The summed E-state index contributed by atoms with van der Waals surface area (Å²) in [5, 5.41) is 4.03. The quantitative estimate of drug-likeness (QED) is 0.878. The zero-order chi connectivity index (χ0) is 13.4. The highest BCUT2D eigenvalue weighted by Gasteiger charge is 2.53. The average Bonchev–Trinajstić information content (AvgIpc) is 3.14. The van der Waals surface area contributed by atoms with Crippen LogP contribution < -0.4 is 5.32 Å². The maximum absolute atomic E-state index is 13.8. The Morgan fingerprint density at radius 1 is 1.32 bits per heavy atom. The summed E-state index contributed by atoms with van der Waals surface area (Å²) in [6.07, 6.45) is 6.23. The molecule has 3 heteroatoms. The van der Waals surface area contributed by atoms with Crippen LogP contribution in [0.15, 0.2) is 18.2 Å². The molecule has 0 bridgehead atoms. The van der Waals surface area contributed by atoms with Gasteiger partial charge in [0, 0.05) is 11.1 Å². The molecule has 0 spiro atoms. The van der Waals surface area contributed by atoms with Gasteiger partial charge in [0.1, 0.15) is 5.82 Å². The van der Waals surface area contributed by atoms with Crippen molar-refractivity contribution >= 4 is 11.6 Å². The second kappa shape index (κ2) is 5.41. The molecule has 19 heavy (non-hydrogen) atoms. The Labute approximate surface area is 119 Å². The molecule has 3 atom stereocenters. The number of nitrogens with one attached hydrogen (secondary N) is 1. The largest absolute Gasteiger partial charge is 0.316 e. The third-order valence-electron chi connectivity index (χ3n) is 5.01. The Hall–Kier alpha value is -0.600. The molecule has 0 heterocycles. The van der Waals surface area contributed by atoms with Gasteiger partial charge in [-0.05, 0) is 67.8 Å². The molecule has 0 aliphatic heterocycles. The van der Waals surface area contributed by atoms with E-state index in [1.54, 1.807) is 12.1 Å². The normalized spacial score (nSPS) is 30.8. The Kier molecular flexibility index (Phi) is 3.81. The third-order valence-corrected chi connectivity index (χ3v) is 5.24. The fourth-order valence-corrected chi connectivity index (χ4v) is 4.21. The van der Waals surface area contributed by atoms with Crippen molar-refractivity contribution in [3.63, 3.8) is 0 Å². The van der Waals surface area contributed by atoms with Crippen LogP contribution in [0.1, 0.15) is 31.2 Å². The van der Waals surface area contributed by atoms with Gasteiger partial charge in [-0.25, -0.2) is 4.39 Å². The minimum Gasteiger partial charge on any atom is -0.316 e. The molecule has 1 nitrogen and oxygen atoms in total. The molecule has 2 aliphatic rings. The average molecular weight is 282 g/mol. The van der Waals surface area contributed by atoms with Crippen molar-refractivity contribution < 1.29 is 4.39 Å². The van der Waals surface area contributed by atoms with Gasteiger partial charge >= 0.3 is 0 Å². The summed E-state index contributed by atoms with van der Waals surface area (Å²) >= 11 is 5.97. The van der Waals surface area contributed by atoms with Crippen LogP contribution in [0.5, 0.6) is 0 Å². The van der Waals surface area contributed by atoms with E-state index in [1.165, 1.54) is 31.7 Å². The first-order valence-corrected chi connectivity index (χ1v) is 7.69. The molecule has 1 N–H and O–H groups in total. The van der Waals surface area contributed by atoms with E-state index in [-0.39, 0.29) is 5.82 Å². The lowest BCUT2D eigenvalue weighted by Gasteiger charge is -2.17. The molecular formula is C16H21ClFN. The molecule has 3 unspecified atom stereocenters. The third kappa shape index (κ3) is 2.66. The SMILES string of the molecule is CNC(Cc1cc(Cl)ccc1F)C1C2CCCCC21. The molecule has 2 saturated carbocycles. The number of likely N-dealkylation sites (N-methyl/N-ethyl adjacent to an activating group) is 1.